The van der Waals surface area contributed by atoms with Gasteiger partial charge in [-0.05, 0) is 63.0 Å². The van der Waals surface area contributed by atoms with Crippen LogP contribution in [0.3, 0.4) is 0 Å². The van der Waals surface area contributed by atoms with Crippen molar-refractivity contribution in [1.29, 1.82) is 0 Å². The van der Waals surface area contributed by atoms with Crippen LogP contribution < -0.4 is 15.4 Å². The zero-order chi connectivity index (χ0) is 21.2. The van der Waals surface area contributed by atoms with Crippen molar-refractivity contribution in [1.82, 2.24) is 15.5 Å². The van der Waals surface area contributed by atoms with Crippen molar-refractivity contribution >= 4 is 29.9 Å². The summed E-state index contributed by atoms with van der Waals surface area (Å²) in [7, 11) is 1.73. The molecule has 0 saturated carbocycles. The van der Waals surface area contributed by atoms with Crippen LogP contribution in [-0.4, -0.2) is 55.8 Å². The minimum Gasteiger partial charge on any atom is -0.508 e. The number of guanidine groups is 1. The van der Waals surface area contributed by atoms with Gasteiger partial charge in [-0.3, -0.25) is 9.89 Å². The molecule has 2 aromatic carbocycles. The van der Waals surface area contributed by atoms with Gasteiger partial charge in [0.05, 0.1) is 19.7 Å². The minimum absolute atomic E-state index is 0. The number of nitrogens with zero attached hydrogens (tertiary/aromatic N) is 2. The number of para-hydroxylation sites is 1. The first-order valence-corrected chi connectivity index (χ1v) is 10.9. The topological polar surface area (TPSA) is 69.1 Å². The molecule has 0 amide bonds. The van der Waals surface area contributed by atoms with Crippen LogP contribution in [0, 0.1) is 0 Å². The van der Waals surface area contributed by atoms with Gasteiger partial charge in [-0.2, -0.15) is 0 Å². The molecule has 0 spiro atoms. The Balaban J connectivity index is 0.00000341. The summed E-state index contributed by atoms with van der Waals surface area (Å²) in [5.41, 5.74) is 2.29. The third kappa shape index (κ3) is 7.57. The summed E-state index contributed by atoms with van der Waals surface area (Å²) in [6.07, 6.45) is 3.29. The van der Waals surface area contributed by atoms with Crippen LogP contribution in [0.2, 0.25) is 0 Å². The van der Waals surface area contributed by atoms with E-state index in [1.165, 1.54) is 18.4 Å². The lowest BCUT2D eigenvalue weighted by Gasteiger charge is -2.28. The van der Waals surface area contributed by atoms with E-state index >= 15 is 0 Å². The van der Waals surface area contributed by atoms with Crippen molar-refractivity contribution in [3.05, 3.63) is 59.7 Å². The molecule has 0 aromatic heterocycles. The first-order chi connectivity index (χ1) is 14.7. The molecule has 6 nitrogen and oxygen atoms in total. The number of hydrogen-bond acceptors (Lipinski definition) is 4. The van der Waals surface area contributed by atoms with Crippen LogP contribution in [0.1, 0.15) is 36.9 Å². The molecule has 1 unspecified atom stereocenters. The standard InChI is InChI=1S/C24H34N4O2.HI/c1-3-25-24(26-14-13-19-9-8-10-20(29)17-19)27-18-22(28-15-6-7-16-28)21-11-4-5-12-23(21)30-2;/h4-5,8-12,17,22,29H,3,6-7,13-16,18H2,1-2H3,(H2,25,26,27);1H. The number of ether oxygens (including phenoxy) is 1. The number of aromatic hydroxyl groups is 1. The summed E-state index contributed by atoms with van der Waals surface area (Å²) in [6, 6.07) is 15.9. The predicted molar refractivity (Wildman–Crippen MR) is 138 cm³/mol. The molecule has 170 valence electrons. The molecule has 7 heteroatoms. The fraction of sp³-hybridized carbons (Fsp3) is 0.458. The average molecular weight is 538 g/mol. The fourth-order valence-corrected chi connectivity index (χ4v) is 3.96. The van der Waals surface area contributed by atoms with Crippen molar-refractivity contribution in [2.75, 3.05) is 39.8 Å². The van der Waals surface area contributed by atoms with Crippen LogP contribution in [0.15, 0.2) is 53.5 Å². The van der Waals surface area contributed by atoms with Gasteiger partial charge in [0.25, 0.3) is 0 Å². The first kappa shape index (κ1) is 25.3. The van der Waals surface area contributed by atoms with Crippen molar-refractivity contribution in [3.8, 4) is 11.5 Å². The van der Waals surface area contributed by atoms with Gasteiger partial charge >= 0.3 is 0 Å². The Bertz CT molecular complexity index is 825. The van der Waals surface area contributed by atoms with Gasteiger partial charge in [0, 0.05) is 18.7 Å². The maximum Gasteiger partial charge on any atom is 0.191 e. The number of methoxy groups -OCH3 is 1. The number of nitrogens with one attached hydrogen (secondary N) is 2. The molecule has 1 aliphatic heterocycles. The summed E-state index contributed by atoms with van der Waals surface area (Å²) < 4.78 is 5.64. The number of aliphatic imine (C=N–C) groups is 1. The van der Waals surface area contributed by atoms with E-state index in [0.717, 1.165) is 49.9 Å². The quantitative estimate of drug-likeness (QED) is 0.256. The number of likely N-dealkylation sites (tertiary alicyclic amines) is 1. The Labute approximate surface area is 203 Å². The van der Waals surface area contributed by atoms with Gasteiger partial charge in [-0.1, -0.05) is 30.3 Å². The van der Waals surface area contributed by atoms with E-state index in [2.05, 4.69) is 34.6 Å². The first-order valence-electron chi connectivity index (χ1n) is 10.9. The fourth-order valence-electron chi connectivity index (χ4n) is 3.96. The van der Waals surface area contributed by atoms with Gasteiger partial charge in [0.1, 0.15) is 11.5 Å². The molecule has 31 heavy (non-hydrogen) atoms. The number of phenolic OH excluding ortho intramolecular Hbond substituents is 1. The molecule has 0 bridgehead atoms. The molecular weight excluding hydrogens is 503 g/mol. The SMILES string of the molecule is CCNC(=NCC(c1ccccc1OC)N1CCCC1)NCCc1cccc(O)c1.I. The molecule has 0 aliphatic carbocycles. The highest BCUT2D eigenvalue weighted by molar-refractivity contribution is 14.0. The zero-order valence-electron chi connectivity index (χ0n) is 18.5. The smallest absolute Gasteiger partial charge is 0.191 e. The van der Waals surface area contributed by atoms with Crippen molar-refractivity contribution in [2.24, 2.45) is 4.99 Å². The number of phenols is 1. The molecule has 0 radical (unpaired) electrons. The molecule has 3 rings (SSSR count). The lowest BCUT2D eigenvalue weighted by molar-refractivity contribution is 0.245. The van der Waals surface area contributed by atoms with Crippen molar-refractivity contribution < 1.29 is 9.84 Å². The van der Waals surface area contributed by atoms with Gasteiger partial charge in [0.15, 0.2) is 5.96 Å². The van der Waals surface area contributed by atoms with E-state index in [1.807, 2.05) is 24.3 Å². The van der Waals surface area contributed by atoms with E-state index in [-0.39, 0.29) is 30.0 Å². The minimum atomic E-state index is 0. The van der Waals surface area contributed by atoms with Crippen LogP contribution in [0.5, 0.6) is 11.5 Å². The number of hydrogen-bond donors (Lipinski definition) is 3. The van der Waals surface area contributed by atoms with Crippen molar-refractivity contribution in [3.63, 3.8) is 0 Å². The van der Waals surface area contributed by atoms with E-state index in [9.17, 15) is 5.11 Å². The summed E-state index contributed by atoms with van der Waals surface area (Å²) in [6.45, 7) is 6.49. The van der Waals surface area contributed by atoms with Crippen LogP contribution >= 0.6 is 24.0 Å². The molecule has 1 fully saturated rings. The molecule has 3 N–H and O–H groups in total. The number of rotatable bonds is 9. The van der Waals surface area contributed by atoms with Gasteiger partial charge in [0.2, 0.25) is 0 Å². The highest BCUT2D eigenvalue weighted by Crippen LogP contribution is 2.31. The van der Waals surface area contributed by atoms with E-state index in [4.69, 9.17) is 9.73 Å². The largest absolute Gasteiger partial charge is 0.508 e. The summed E-state index contributed by atoms with van der Waals surface area (Å²) >= 11 is 0. The Hall–Kier alpha value is -2.00. The maximum atomic E-state index is 9.63. The third-order valence-electron chi connectivity index (χ3n) is 5.46. The Kier molecular flexibility index (Phi) is 10.9. The van der Waals surface area contributed by atoms with E-state index in [0.29, 0.717) is 12.3 Å². The predicted octanol–water partition coefficient (Wildman–Crippen LogP) is 3.95. The summed E-state index contributed by atoms with van der Waals surface area (Å²) in [4.78, 5) is 7.42. The zero-order valence-corrected chi connectivity index (χ0v) is 20.8. The normalized spacial score (nSPS) is 15.2. The highest BCUT2D eigenvalue weighted by atomic mass is 127. The average Bonchev–Trinajstić information content (AvgIpc) is 3.29. The third-order valence-corrected chi connectivity index (χ3v) is 5.46. The van der Waals surface area contributed by atoms with Crippen molar-refractivity contribution in [2.45, 2.75) is 32.2 Å². The summed E-state index contributed by atoms with van der Waals surface area (Å²) in [5.74, 6) is 2.04. The lowest BCUT2D eigenvalue weighted by atomic mass is 10.0. The molecule has 2 aromatic rings. The lowest BCUT2D eigenvalue weighted by Crippen LogP contribution is -2.39. The Morgan fingerprint density at radius 1 is 1.13 bits per heavy atom. The molecule has 1 heterocycles. The molecular formula is C24H35IN4O2. The van der Waals surface area contributed by atoms with E-state index in [1.54, 1.807) is 19.2 Å². The Morgan fingerprint density at radius 3 is 2.61 bits per heavy atom. The molecule has 1 aliphatic rings. The van der Waals surface area contributed by atoms with E-state index < -0.39 is 0 Å². The second-order valence-electron chi connectivity index (χ2n) is 7.57. The highest BCUT2D eigenvalue weighted by Gasteiger charge is 2.25. The van der Waals surface area contributed by atoms with Crippen LogP contribution in [0.25, 0.3) is 0 Å². The number of halogens is 1. The number of benzene rings is 2. The van der Waals surface area contributed by atoms with Gasteiger partial charge < -0.3 is 20.5 Å². The monoisotopic (exact) mass is 538 g/mol. The van der Waals surface area contributed by atoms with Crippen LogP contribution in [0.4, 0.5) is 0 Å². The second-order valence-corrected chi connectivity index (χ2v) is 7.57. The Morgan fingerprint density at radius 2 is 1.90 bits per heavy atom. The summed E-state index contributed by atoms with van der Waals surface area (Å²) in [5, 5.41) is 16.4. The van der Waals surface area contributed by atoms with Crippen LogP contribution in [-0.2, 0) is 6.42 Å². The second kappa shape index (κ2) is 13.4. The molecule has 1 saturated heterocycles. The maximum absolute atomic E-state index is 9.63. The van der Waals surface area contributed by atoms with Gasteiger partial charge in [-0.15, -0.1) is 24.0 Å². The molecule has 1 atom stereocenters. The van der Waals surface area contributed by atoms with Gasteiger partial charge in [-0.25, -0.2) is 0 Å².